The summed E-state index contributed by atoms with van der Waals surface area (Å²) < 4.78 is 0. The van der Waals surface area contributed by atoms with Crippen LogP contribution in [0.4, 0.5) is 0 Å². The van der Waals surface area contributed by atoms with Crippen LogP contribution in [0.2, 0.25) is 0 Å². The van der Waals surface area contributed by atoms with E-state index in [4.69, 9.17) is 0 Å². The monoisotopic (exact) mass is 382 g/mol. The van der Waals surface area contributed by atoms with Crippen LogP contribution in [-0.4, -0.2) is 54.2 Å². The van der Waals surface area contributed by atoms with Gasteiger partial charge in [-0.2, -0.15) is 0 Å². The number of carbonyl (C=O) groups is 4. The predicted molar refractivity (Wildman–Crippen MR) is 98.2 cm³/mol. The van der Waals surface area contributed by atoms with Crippen LogP contribution in [0.15, 0.2) is 18.2 Å². The van der Waals surface area contributed by atoms with Crippen molar-refractivity contribution < 1.29 is 19.2 Å². The van der Waals surface area contributed by atoms with Gasteiger partial charge in [-0.25, -0.2) is 0 Å². The Bertz CT molecular complexity index is 913. The zero-order valence-electron chi connectivity index (χ0n) is 15.4. The van der Waals surface area contributed by atoms with Gasteiger partial charge in [0.2, 0.25) is 11.8 Å². The van der Waals surface area contributed by atoms with Crippen molar-refractivity contribution in [3.8, 4) is 0 Å². The van der Waals surface area contributed by atoms with Gasteiger partial charge in [-0.15, -0.1) is 0 Å². The van der Waals surface area contributed by atoms with E-state index in [1.165, 1.54) is 6.42 Å². The van der Waals surface area contributed by atoms with Crippen LogP contribution in [0.3, 0.4) is 0 Å². The average Bonchev–Trinajstić information content (AvgIpc) is 3.11. The Balaban J connectivity index is 1.29. The van der Waals surface area contributed by atoms with E-state index in [0.717, 1.165) is 36.0 Å². The van der Waals surface area contributed by atoms with Gasteiger partial charge in [0.05, 0.1) is 11.1 Å². The summed E-state index contributed by atoms with van der Waals surface area (Å²) in [4.78, 5) is 50.0. The lowest BCUT2D eigenvalue weighted by atomic mass is 10.0. The number of imide groups is 2. The standard InChI is InChI=1S/C20H22N4O4/c25-16-4-3-15(17(26)23-16)24-18(27)13-2-1-11(5-14(13)19(24)28)7-21-9-20-6-12(20)8-22-10-20/h1-2,5,12,15,21-22H,3-4,6-10H2,(H,23,25,26). The van der Waals surface area contributed by atoms with Gasteiger partial charge in [0.1, 0.15) is 6.04 Å². The summed E-state index contributed by atoms with van der Waals surface area (Å²) in [6, 6.07) is 4.32. The lowest BCUT2D eigenvalue weighted by Gasteiger charge is -2.27. The van der Waals surface area contributed by atoms with Crippen molar-refractivity contribution in [1.82, 2.24) is 20.9 Å². The summed E-state index contributed by atoms with van der Waals surface area (Å²) in [6.07, 6.45) is 1.56. The number of nitrogens with one attached hydrogen (secondary N) is 3. The Morgan fingerprint density at radius 3 is 2.68 bits per heavy atom. The first kappa shape index (κ1) is 17.5. The molecule has 1 aliphatic carbocycles. The lowest BCUT2D eigenvalue weighted by molar-refractivity contribution is -0.136. The number of nitrogens with zero attached hydrogens (tertiary/aromatic N) is 1. The second-order valence-electron chi connectivity index (χ2n) is 8.33. The molecule has 146 valence electrons. The Hall–Kier alpha value is -2.58. The molecule has 28 heavy (non-hydrogen) atoms. The molecule has 0 radical (unpaired) electrons. The molecule has 3 N–H and O–H groups in total. The Morgan fingerprint density at radius 2 is 1.96 bits per heavy atom. The molecule has 3 heterocycles. The van der Waals surface area contributed by atoms with Crippen LogP contribution in [0.25, 0.3) is 0 Å². The molecule has 3 fully saturated rings. The van der Waals surface area contributed by atoms with Gasteiger partial charge in [0, 0.05) is 26.1 Å². The number of fused-ring (bicyclic) bond motifs is 2. The molecule has 3 unspecified atom stereocenters. The number of carbonyl (C=O) groups excluding carboxylic acids is 4. The topological polar surface area (TPSA) is 108 Å². The van der Waals surface area contributed by atoms with Crippen LogP contribution in [-0.2, 0) is 16.1 Å². The van der Waals surface area contributed by atoms with Gasteiger partial charge in [-0.1, -0.05) is 6.07 Å². The van der Waals surface area contributed by atoms with E-state index >= 15 is 0 Å². The number of rotatable bonds is 5. The third-order valence-corrected chi connectivity index (χ3v) is 6.54. The molecule has 4 amide bonds. The zero-order chi connectivity index (χ0) is 19.5. The maximum atomic E-state index is 12.8. The van der Waals surface area contributed by atoms with Crippen LogP contribution in [0.1, 0.15) is 45.5 Å². The van der Waals surface area contributed by atoms with Gasteiger partial charge in [-0.3, -0.25) is 29.4 Å². The second kappa shape index (κ2) is 6.22. The van der Waals surface area contributed by atoms with E-state index in [1.54, 1.807) is 12.1 Å². The largest absolute Gasteiger partial charge is 0.316 e. The molecule has 3 atom stereocenters. The minimum Gasteiger partial charge on any atom is -0.316 e. The van der Waals surface area contributed by atoms with E-state index in [9.17, 15) is 19.2 Å². The molecule has 8 heteroatoms. The van der Waals surface area contributed by atoms with E-state index in [2.05, 4.69) is 16.0 Å². The molecule has 0 bridgehead atoms. The first-order valence-corrected chi connectivity index (χ1v) is 9.74. The van der Waals surface area contributed by atoms with E-state index in [1.807, 2.05) is 6.07 Å². The molecular formula is C20H22N4O4. The summed E-state index contributed by atoms with van der Waals surface area (Å²) in [5.41, 5.74) is 1.98. The highest BCUT2D eigenvalue weighted by Gasteiger charge is 2.56. The Labute approximate surface area is 162 Å². The fourth-order valence-corrected chi connectivity index (χ4v) is 4.80. The second-order valence-corrected chi connectivity index (χ2v) is 8.33. The van der Waals surface area contributed by atoms with Crippen LogP contribution >= 0.6 is 0 Å². The van der Waals surface area contributed by atoms with E-state index in [-0.39, 0.29) is 18.7 Å². The molecule has 5 rings (SSSR count). The number of piperidine rings is 2. The van der Waals surface area contributed by atoms with Crippen LogP contribution in [0, 0.1) is 11.3 Å². The third-order valence-electron chi connectivity index (χ3n) is 6.54. The smallest absolute Gasteiger partial charge is 0.262 e. The summed E-state index contributed by atoms with van der Waals surface area (Å²) in [6.45, 7) is 3.73. The molecule has 8 nitrogen and oxygen atoms in total. The molecule has 1 aromatic rings. The van der Waals surface area contributed by atoms with Gasteiger partial charge in [0.25, 0.3) is 11.8 Å². The molecule has 2 saturated heterocycles. The quantitative estimate of drug-likeness (QED) is 0.608. The molecular weight excluding hydrogens is 360 g/mol. The molecule has 3 aliphatic heterocycles. The number of benzene rings is 1. The van der Waals surface area contributed by atoms with Crippen LogP contribution in [0.5, 0.6) is 0 Å². The summed E-state index contributed by atoms with van der Waals surface area (Å²) in [5, 5.41) is 9.10. The van der Waals surface area contributed by atoms with Gasteiger partial charge in [0.15, 0.2) is 0 Å². The van der Waals surface area contributed by atoms with Crippen molar-refractivity contribution in [2.45, 2.75) is 31.8 Å². The summed E-state index contributed by atoms with van der Waals surface area (Å²) in [7, 11) is 0. The Kier molecular flexibility index (Phi) is 3.89. The minimum absolute atomic E-state index is 0.122. The first-order valence-electron chi connectivity index (χ1n) is 9.74. The maximum Gasteiger partial charge on any atom is 0.262 e. The average molecular weight is 382 g/mol. The summed E-state index contributed by atoms with van der Waals surface area (Å²) >= 11 is 0. The molecule has 0 aromatic heterocycles. The normalized spacial score (nSPS) is 31.1. The highest BCUT2D eigenvalue weighted by Crippen LogP contribution is 2.54. The molecule has 0 spiro atoms. The highest BCUT2D eigenvalue weighted by molar-refractivity contribution is 6.23. The highest BCUT2D eigenvalue weighted by atomic mass is 16.2. The lowest BCUT2D eigenvalue weighted by Crippen LogP contribution is -2.54. The summed E-state index contributed by atoms with van der Waals surface area (Å²) in [5.74, 6) is -1.11. The molecule has 1 aromatic carbocycles. The number of amides is 4. The maximum absolute atomic E-state index is 12.8. The number of hydrogen-bond acceptors (Lipinski definition) is 6. The van der Waals surface area contributed by atoms with Gasteiger partial charge < -0.3 is 10.6 Å². The van der Waals surface area contributed by atoms with Crippen molar-refractivity contribution in [2.24, 2.45) is 11.3 Å². The fraction of sp³-hybridized carbons (Fsp3) is 0.500. The van der Waals surface area contributed by atoms with Crippen molar-refractivity contribution in [3.63, 3.8) is 0 Å². The minimum atomic E-state index is -0.924. The van der Waals surface area contributed by atoms with Crippen molar-refractivity contribution >= 4 is 23.6 Å². The SMILES string of the molecule is O=C1CCC(N2C(=O)c3ccc(CNCC45CNCC4C5)cc3C2=O)C(=O)N1. The van der Waals surface area contributed by atoms with Crippen molar-refractivity contribution in [3.05, 3.63) is 34.9 Å². The predicted octanol–water partition coefficient (Wildman–Crippen LogP) is -0.213. The first-order chi connectivity index (χ1) is 13.5. The zero-order valence-corrected chi connectivity index (χ0v) is 15.4. The molecule has 1 saturated carbocycles. The van der Waals surface area contributed by atoms with E-state index in [0.29, 0.717) is 23.1 Å². The van der Waals surface area contributed by atoms with Crippen molar-refractivity contribution in [1.29, 1.82) is 0 Å². The molecule has 4 aliphatic rings. The third kappa shape index (κ3) is 2.67. The van der Waals surface area contributed by atoms with Crippen molar-refractivity contribution in [2.75, 3.05) is 19.6 Å². The van der Waals surface area contributed by atoms with Gasteiger partial charge in [-0.05, 0) is 48.4 Å². The van der Waals surface area contributed by atoms with Crippen LogP contribution < -0.4 is 16.0 Å². The number of hydrogen-bond donors (Lipinski definition) is 3. The van der Waals surface area contributed by atoms with Gasteiger partial charge >= 0.3 is 0 Å². The Morgan fingerprint density at radius 1 is 1.14 bits per heavy atom. The fourth-order valence-electron chi connectivity index (χ4n) is 4.80. The van der Waals surface area contributed by atoms with E-state index < -0.39 is 23.8 Å².